The first-order chi connectivity index (χ1) is 15.1. The van der Waals surface area contributed by atoms with Crippen molar-refractivity contribution < 1.29 is 14.3 Å². The zero-order valence-electron chi connectivity index (χ0n) is 17.9. The third-order valence-electron chi connectivity index (χ3n) is 5.93. The molecule has 2 aromatic rings. The van der Waals surface area contributed by atoms with E-state index in [1.54, 1.807) is 0 Å². The van der Waals surface area contributed by atoms with E-state index in [0.717, 1.165) is 38.2 Å². The second-order valence-electron chi connectivity index (χ2n) is 8.17. The predicted octanol–water partition coefficient (Wildman–Crippen LogP) is 3.95. The molecule has 8 heteroatoms. The fourth-order valence-corrected chi connectivity index (χ4v) is 4.42. The molecule has 0 spiro atoms. The van der Waals surface area contributed by atoms with Crippen LogP contribution in [0.15, 0.2) is 30.6 Å². The summed E-state index contributed by atoms with van der Waals surface area (Å²) in [5, 5.41) is 0.679. The van der Waals surface area contributed by atoms with Crippen LogP contribution in [0, 0.1) is 0 Å². The van der Waals surface area contributed by atoms with Crippen LogP contribution in [0.1, 0.15) is 48.0 Å². The Labute approximate surface area is 188 Å². The molecule has 31 heavy (non-hydrogen) atoms. The van der Waals surface area contributed by atoms with Crippen LogP contribution in [0.4, 0.5) is 5.95 Å². The number of hydrogen-bond donors (Lipinski definition) is 0. The van der Waals surface area contributed by atoms with Crippen LogP contribution >= 0.6 is 11.6 Å². The molecule has 0 bridgehead atoms. The first-order valence-corrected chi connectivity index (χ1v) is 11.3. The number of carbonyl (C=O) groups is 1. The van der Waals surface area contributed by atoms with Crippen LogP contribution in [-0.2, 0) is 11.3 Å². The zero-order valence-corrected chi connectivity index (χ0v) is 18.7. The summed E-state index contributed by atoms with van der Waals surface area (Å²) < 4.78 is 10.9. The van der Waals surface area contributed by atoms with Gasteiger partial charge in [-0.2, -0.15) is 0 Å². The van der Waals surface area contributed by atoms with Crippen LogP contribution < -0.4 is 9.64 Å². The molecule has 166 valence electrons. The maximum atomic E-state index is 11.5. The van der Waals surface area contributed by atoms with Gasteiger partial charge < -0.3 is 14.4 Å². The van der Waals surface area contributed by atoms with E-state index < -0.39 is 5.97 Å². The second kappa shape index (κ2) is 10.3. The summed E-state index contributed by atoms with van der Waals surface area (Å²) in [4.78, 5) is 24.7. The Morgan fingerprint density at radius 2 is 1.81 bits per heavy atom. The number of hydrogen-bond acceptors (Lipinski definition) is 7. The van der Waals surface area contributed by atoms with Gasteiger partial charge in [-0.1, -0.05) is 24.1 Å². The number of aromatic nitrogens is 2. The van der Waals surface area contributed by atoms with Crippen LogP contribution in [0.5, 0.6) is 5.75 Å². The van der Waals surface area contributed by atoms with Crippen LogP contribution in [-0.4, -0.2) is 60.2 Å². The molecule has 1 aromatic carbocycles. The lowest BCUT2D eigenvalue weighted by molar-refractivity contribution is 0.0600. The summed E-state index contributed by atoms with van der Waals surface area (Å²) in [6, 6.07) is 6.17. The van der Waals surface area contributed by atoms with Crippen LogP contribution in [0.2, 0.25) is 5.02 Å². The molecule has 0 amide bonds. The number of likely N-dealkylation sites (tertiary alicyclic amines) is 1. The summed E-state index contributed by atoms with van der Waals surface area (Å²) >= 11 is 6.53. The third kappa shape index (κ3) is 5.66. The average molecular weight is 445 g/mol. The number of halogens is 1. The van der Waals surface area contributed by atoms with Gasteiger partial charge in [0.2, 0.25) is 5.95 Å². The van der Waals surface area contributed by atoms with Crippen LogP contribution in [0.3, 0.4) is 0 Å². The van der Waals surface area contributed by atoms with Crippen molar-refractivity contribution in [3.63, 3.8) is 0 Å². The summed E-state index contributed by atoms with van der Waals surface area (Å²) in [5.41, 5.74) is 1.59. The number of methoxy groups -OCH3 is 1. The minimum absolute atomic E-state index is 0.107. The Balaban J connectivity index is 1.29. The number of esters is 1. The molecule has 1 aromatic heterocycles. The highest BCUT2D eigenvalue weighted by Crippen LogP contribution is 2.29. The minimum Gasteiger partial charge on any atom is -0.489 e. The summed E-state index contributed by atoms with van der Waals surface area (Å²) in [7, 11) is 1.34. The first kappa shape index (κ1) is 21.8. The molecule has 7 nitrogen and oxygen atoms in total. The third-order valence-corrected chi connectivity index (χ3v) is 6.22. The molecular weight excluding hydrogens is 416 g/mol. The topological polar surface area (TPSA) is 67.8 Å². The predicted molar refractivity (Wildman–Crippen MR) is 120 cm³/mol. The summed E-state index contributed by atoms with van der Waals surface area (Å²) in [6.07, 6.45) is 8.73. The Kier molecular flexibility index (Phi) is 7.25. The molecular formula is C23H29ClN4O3. The molecule has 4 rings (SSSR count). The Bertz CT molecular complexity index is 879. The number of benzene rings is 1. The fraction of sp³-hybridized carbons (Fsp3) is 0.522. The van der Waals surface area contributed by atoms with Crippen molar-refractivity contribution in [2.24, 2.45) is 0 Å². The summed E-state index contributed by atoms with van der Waals surface area (Å²) in [6.45, 7) is 4.86. The molecule has 0 aliphatic carbocycles. The van der Waals surface area contributed by atoms with E-state index in [2.05, 4.69) is 30.6 Å². The zero-order chi connectivity index (χ0) is 21.6. The maximum absolute atomic E-state index is 11.5. The van der Waals surface area contributed by atoms with E-state index in [1.165, 1.54) is 57.4 Å². The highest BCUT2D eigenvalue weighted by molar-refractivity contribution is 6.32. The Morgan fingerprint density at radius 1 is 1.10 bits per heavy atom. The molecule has 2 aliphatic heterocycles. The lowest BCUT2D eigenvalue weighted by Gasteiger charge is -2.32. The van der Waals surface area contributed by atoms with Gasteiger partial charge in [0, 0.05) is 44.9 Å². The summed E-state index contributed by atoms with van der Waals surface area (Å²) in [5.74, 6) is 0.935. The number of rotatable bonds is 6. The van der Waals surface area contributed by atoms with E-state index in [-0.39, 0.29) is 6.10 Å². The quantitative estimate of drug-likeness (QED) is 0.625. The van der Waals surface area contributed by atoms with Gasteiger partial charge in [0.25, 0.3) is 0 Å². The van der Waals surface area contributed by atoms with Crippen molar-refractivity contribution in [1.82, 2.24) is 14.9 Å². The molecule has 2 fully saturated rings. The van der Waals surface area contributed by atoms with E-state index in [1.807, 2.05) is 12.1 Å². The standard InChI is InChI=1S/C23H29ClN4O3/c1-30-22(29)18-14-25-23(26-15-18)28-11-7-19(8-12-28)31-21-6-5-17(13-20(21)24)16-27-9-3-2-4-10-27/h5-6,13-15,19H,2-4,7-12,16H2,1H3. The lowest BCUT2D eigenvalue weighted by Crippen LogP contribution is -2.39. The van der Waals surface area contributed by atoms with Gasteiger partial charge in [0.1, 0.15) is 11.9 Å². The maximum Gasteiger partial charge on any atom is 0.341 e. The Morgan fingerprint density at radius 3 is 2.45 bits per heavy atom. The minimum atomic E-state index is -0.433. The molecule has 2 saturated heterocycles. The van der Waals surface area contributed by atoms with Crippen molar-refractivity contribution in [3.8, 4) is 5.75 Å². The fourth-order valence-electron chi connectivity index (χ4n) is 4.17. The molecule has 3 heterocycles. The highest BCUT2D eigenvalue weighted by Gasteiger charge is 2.23. The van der Waals surface area contributed by atoms with Gasteiger partial charge >= 0.3 is 5.97 Å². The van der Waals surface area contributed by atoms with Gasteiger partial charge in [0.15, 0.2) is 0 Å². The van der Waals surface area contributed by atoms with Gasteiger partial charge in [-0.3, -0.25) is 4.90 Å². The van der Waals surface area contributed by atoms with Crippen molar-refractivity contribution in [3.05, 3.63) is 46.7 Å². The monoisotopic (exact) mass is 444 g/mol. The second-order valence-corrected chi connectivity index (χ2v) is 8.58. The van der Waals surface area contributed by atoms with Gasteiger partial charge in [-0.25, -0.2) is 14.8 Å². The van der Waals surface area contributed by atoms with E-state index in [4.69, 9.17) is 16.3 Å². The van der Waals surface area contributed by atoms with Crippen molar-refractivity contribution in [2.75, 3.05) is 38.2 Å². The van der Waals surface area contributed by atoms with Crippen molar-refractivity contribution in [2.45, 2.75) is 44.8 Å². The van der Waals surface area contributed by atoms with E-state index in [0.29, 0.717) is 16.5 Å². The van der Waals surface area contributed by atoms with Gasteiger partial charge in [-0.15, -0.1) is 0 Å². The molecule has 0 unspecified atom stereocenters. The molecule has 0 saturated carbocycles. The molecule has 2 aliphatic rings. The van der Waals surface area contributed by atoms with E-state index in [9.17, 15) is 4.79 Å². The number of piperidine rings is 2. The SMILES string of the molecule is COC(=O)c1cnc(N2CCC(Oc3ccc(CN4CCCCC4)cc3Cl)CC2)nc1. The van der Waals surface area contributed by atoms with Gasteiger partial charge in [0.05, 0.1) is 17.7 Å². The normalized spacial score (nSPS) is 18.1. The van der Waals surface area contributed by atoms with Crippen LogP contribution in [0.25, 0.3) is 0 Å². The number of carbonyl (C=O) groups excluding carboxylic acids is 1. The van der Waals surface area contributed by atoms with Gasteiger partial charge in [-0.05, 0) is 43.6 Å². The number of ether oxygens (including phenoxy) is 2. The number of nitrogens with zero attached hydrogens (tertiary/aromatic N) is 4. The largest absolute Gasteiger partial charge is 0.489 e. The highest BCUT2D eigenvalue weighted by atomic mass is 35.5. The average Bonchev–Trinajstić information content (AvgIpc) is 2.81. The van der Waals surface area contributed by atoms with Crippen molar-refractivity contribution in [1.29, 1.82) is 0 Å². The smallest absolute Gasteiger partial charge is 0.341 e. The molecule has 0 N–H and O–H groups in total. The molecule has 0 atom stereocenters. The van der Waals surface area contributed by atoms with Crippen molar-refractivity contribution >= 4 is 23.5 Å². The first-order valence-electron chi connectivity index (χ1n) is 10.9. The number of anilines is 1. The molecule has 0 radical (unpaired) electrons. The van der Waals surface area contributed by atoms with E-state index >= 15 is 0 Å². The lowest BCUT2D eigenvalue weighted by atomic mass is 10.1. The Hall–Kier alpha value is -2.38.